The van der Waals surface area contributed by atoms with Gasteiger partial charge in [-0.2, -0.15) is 0 Å². The predicted molar refractivity (Wildman–Crippen MR) is 55.4 cm³/mol. The van der Waals surface area contributed by atoms with E-state index in [2.05, 4.69) is 0 Å². The number of benzene rings is 1. The number of ether oxygens (including phenoxy) is 1. The van der Waals surface area contributed by atoms with Crippen molar-refractivity contribution in [2.24, 2.45) is 5.73 Å². The maximum atomic E-state index is 5.85. The van der Waals surface area contributed by atoms with Crippen LogP contribution in [0.2, 0.25) is 0 Å². The molecule has 0 aliphatic heterocycles. The maximum absolute atomic E-state index is 5.85. The number of rotatable bonds is 2. The van der Waals surface area contributed by atoms with E-state index < -0.39 is 0 Å². The number of hydrogen-bond acceptors (Lipinski definition) is 3. The van der Waals surface area contributed by atoms with Crippen molar-refractivity contribution in [3.8, 4) is 5.75 Å². The van der Waals surface area contributed by atoms with Gasteiger partial charge in [-0.05, 0) is 24.6 Å². The fourth-order valence-corrected chi connectivity index (χ4v) is 1.62. The number of hydrogen-bond donors (Lipinski definition) is 1. The highest BCUT2D eigenvalue weighted by atomic mass is 16.5. The highest BCUT2D eigenvalue weighted by Crippen LogP contribution is 2.31. The molecule has 1 atom stereocenters. The summed E-state index contributed by atoms with van der Waals surface area (Å²) in [5, 5.41) is 1.03. The van der Waals surface area contributed by atoms with E-state index >= 15 is 0 Å². The van der Waals surface area contributed by atoms with Crippen LogP contribution in [0.5, 0.6) is 5.75 Å². The summed E-state index contributed by atoms with van der Waals surface area (Å²) in [6.07, 6.45) is 1.65. The molecule has 2 rings (SSSR count). The Labute approximate surface area is 82.5 Å². The highest BCUT2D eigenvalue weighted by molar-refractivity contribution is 5.86. The monoisotopic (exact) mass is 191 g/mol. The SMILES string of the molecule is COc1ccc(C(C)N)c2ccoc12. The van der Waals surface area contributed by atoms with Gasteiger partial charge in [0.25, 0.3) is 0 Å². The Morgan fingerprint density at radius 1 is 1.36 bits per heavy atom. The standard InChI is InChI=1S/C11H13NO2/c1-7(12)8-3-4-10(13-2)11-9(8)5-6-14-11/h3-7H,12H2,1-2H3. The summed E-state index contributed by atoms with van der Waals surface area (Å²) in [5.74, 6) is 0.745. The van der Waals surface area contributed by atoms with E-state index in [1.165, 1.54) is 0 Å². The molecule has 1 heterocycles. The summed E-state index contributed by atoms with van der Waals surface area (Å²) in [6.45, 7) is 1.95. The van der Waals surface area contributed by atoms with Gasteiger partial charge < -0.3 is 14.9 Å². The fourth-order valence-electron chi connectivity index (χ4n) is 1.62. The summed E-state index contributed by atoms with van der Waals surface area (Å²) in [6, 6.07) is 5.77. The van der Waals surface area contributed by atoms with E-state index in [4.69, 9.17) is 14.9 Å². The van der Waals surface area contributed by atoms with E-state index in [0.717, 1.165) is 22.3 Å². The minimum Gasteiger partial charge on any atom is -0.493 e. The van der Waals surface area contributed by atoms with Crippen molar-refractivity contribution >= 4 is 11.0 Å². The molecule has 74 valence electrons. The molecule has 0 aliphatic rings. The lowest BCUT2D eigenvalue weighted by atomic mass is 10.0. The van der Waals surface area contributed by atoms with Gasteiger partial charge in [0.15, 0.2) is 11.3 Å². The lowest BCUT2D eigenvalue weighted by Crippen LogP contribution is -2.05. The Hall–Kier alpha value is -1.48. The van der Waals surface area contributed by atoms with Gasteiger partial charge >= 0.3 is 0 Å². The fraction of sp³-hybridized carbons (Fsp3) is 0.273. The van der Waals surface area contributed by atoms with Gasteiger partial charge in [-0.3, -0.25) is 0 Å². The lowest BCUT2D eigenvalue weighted by molar-refractivity contribution is 0.410. The maximum Gasteiger partial charge on any atom is 0.176 e. The first-order valence-corrected chi connectivity index (χ1v) is 4.53. The van der Waals surface area contributed by atoms with Gasteiger partial charge in [0.05, 0.1) is 13.4 Å². The van der Waals surface area contributed by atoms with Crippen LogP contribution in [0.1, 0.15) is 18.5 Å². The van der Waals surface area contributed by atoms with E-state index in [1.54, 1.807) is 13.4 Å². The average molecular weight is 191 g/mol. The smallest absolute Gasteiger partial charge is 0.176 e. The third-order valence-corrected chi connectivity index (χ3v) is 2.32. The molecule has 3 nitrogen and oxygen atoms in total. The molecular weight excluding hydrogens is 178 g/mol. The van der Waals surface area contributed by atoms with Gasteiger partial charge in [0, 0.05) is 11.4 Å². The third kappa shape index (κ3) is 1.26. The van der Waals surface area contributed by atoms with Gasteiger partial charge in [-0.1, -0.05) is 6.07 Å². The normalized spacial score (nSPS) is 13.1. The molecule has 0 aliphatic carbocycles. The number of methoxy groups -OCH3 is 1. The van der Waals surface area contributed by atoms with E-state index in [-0.39, 0.29) is 6.04 Å². The summed E-state index contributed by atoms with van der Waals surface area (Å²) in [4.78, 5) is 0. The van der Waals surface area contributed by atoms with Crippen molar-refractivity contribution in [2.45, 2.75) is 13.0 Å². The average Bonchev–Trinajstić information content (AvgIpc) is 2.64. The minimum absolute atomic E-state index is 0.000932. The van der Waals surface area contributed by atoms with E-state index in [9.17, 15) is 0 Å². The van der Waals surface area contributed by atoms with Crippen molar-refractivity contribution in [3.63, 3.8) is 0 Å². The van der Waals surface area contributed by atoms with Crippen molar-refractivity contribution in [1.29, 1.82) is 0 Å². The van der Waals surface area contributed by atoms with Crippen molar-refractivity contribution in [2.75, 3.05) is 7.11 Å². The topological polar surface area (TPSA) is 48.4 Å². The minimum atomic E-state index is 0.000932. The zero-order valence-electron chi connectivity index (χ0n) is 8.28. The van der Waals surface area contributed by atoms with Crippen LogP contribution in [0.4, 0.5) is 0 Å². The molecule has 0 amide bonds. The quantitative estimate of drug-likeness (QED) is 0.793. The van der Waals surface area contributed by atoms with Gasteiger partial charge in [-0.25, -0.2) is 0 Å². The predicted octanol–water partition coefficient (Wildman–Crippen LogP) is 2.46. The molecule has 0 bridgehead atoms. The van der Waals surface area contributed by atoms with Crippen LogP contribution in [-0.2, 0) is 0 Å². The molecule has 0 spiro atoms. The van der Waals surface area contributed by atoms with Crippen molar-refractivity contribution in [3.05, 3.63) is 30.0 Å². The van der Waals surface area contributed by atoms with Gasteiger partial charge in [0.1, 0.15) is 0 Å². The molecule has 0 saturated heterocycles. The summed E-state index contributed by atoms with van der Waals surface area (Å²) in [7, 11) is 1.63. The van der Waals surface area contributed by atoms with E-state index in [1.807, 2.05) is 25.1 Å². The molecule has 2 N–H and O–H groups in total. The number of furan rings is 1. The van der Waals surface area contributed by atoms with Crippen LogP contribution in [0.3, 0.4) is 0 Å². The first-order valence-electron chi connectivity index (χ1n) is 4.53. The second-order valence-electron chi connectivity index (χ2n) is 3.31. The lowest BCUT2D eigenvalue weighted by Gasteiger charge is -2.08. The number of fused-ring (bicyclic) bond motifs is 1. The van der Waals surface area contributed by atoms with Gasteiger partial charge in [0.2, 0.25) is 0 Å². The second kappa shape index (κ2) is 3.35. The molecule has 0 saturated carbocycles. The molecule has 3 heteroatoms. The van der Waals surface area contributed by atoms with E-state index in [0.29, 0.717) is 0 Å². The molecule has 0 fully saturated rings. The molecule has 1 unspecified atom stereocenters. The summed E-state index contributed by atoms with van der Waals surface area (Å²) >= 11 is 0. The zero-order chi connectivity index (χ0) is 10.1. The van der Waals surface area contributed by atoms with Crippen LogP contribution in [0, 0.1) is 0 Å². The Bertz CT molecular complexity index is 445. The number of nitrogens with two attached hydrogens (primary N) is 1. The van der Waals surface area contributed by atoms with Crippen LogP contribution < -0.4 is 10.5 Å². The van der Waals surface area contributed by atoms with Crippen LogP contribution in [0.25, 0.3) is 11.0 Å². The van der Waals surface area contributed by atoms with Gasteiger partial charge in [-0.15, -0.1) is 0 Å². The first kappa shape index (κ1) is 9.09. The van der Waals surface area contributed by atoms with Crippen molar-refractivity contribution < 1.29 is 9.15 Å². The van der Waals surface area contributed by atoms with Crippen LogP contribution in [0.15, 0.2) is 28.9 Å². The molecule has 14 heavy (non-hydrogen) atoms. The molecule has 1 aromatic heterocycles. The molecule has 1 aromatic carbocycles. The third-order valence-electron chi connectivity index (χ3n) is 2.32. The van der Waals surface area contributed by atoms with Crippen molar-refractivity contribution in [1.82, 2.24) is 0 Å². The summed E-state index contributed by atoms with van der Waals surface area (Å²) < 4.78 is 10.5. The molecular formula is C11H13NO2. The Balaban J connectivity index is 2.72. The largest absolute Gasteiger partial charge is 0.493 e. The zero-order valence-corrected chi connectivity index (χ0v) is 8.28. The second-order valence-corrected chi connectivity index (χ2v) is 3.31. The Morgan fingerprint density at radius 2 is 2.14 bits per heavy atom. The van der Waals surface area contributed by atoms with Crippen LogP contribution in [-0.4, -0.2) is 7.11 Å². The molecule has 0 radical (unpaired) electrons. The summed E-state index contributed by atoms with van der Waals surface area (Å²) in [5.41, 5.74) is 7.69. The highest BCUT2D eigenvalue weighted by Gasteiger charge is 2.11. The Kier molecular flexibility index (Phi) is 2.17. The molecule has 2 aromatic rings. The first-order chi connectivity index (χ1) is 6.74. The Morgan fingerprint density at radius 3 is 2.79 bits per heavy atom. The van der Waals surface area contributed by atoms with Crippen LogP contribution >= 0.6 is 0 Å².